The normalized spacial score (nSPS) is 10.7. The standard InChI is InChI=1S/C24H20N2O4/c1-16-7-9-17(10-8-16)24(28)26(2)18-11-13-19(14-12-18)29-23(27)15-21-20-5-3-4-6-22(20)30-25-21/h3-14H,15H2,1-2H3. The third-order valence-electron chi connectivity index (χ3n) is 4.82. The van der Waals surface area contributed by atoms with Crippen molar-refractivity contribution in [1.82, 2.24) is 5.16 Å². The Bertz CT molecular complexity index is 1190. The lowest BCUT2D eigenvalue weighted by molar-refractivity contribution is -0.133. The van der Waals surface area contributed by atoms with Gasteiger partial charge in [0.15, 0.2) is 5.58 Å². The van der Waals surface area contributed by atoms with Gasteiger partial charge < -0.3 is 14.2 Å². The average Bonchev–Trinajstić information content (AvgIpc) is 3.16. The van der Waals surface area contributed by atoms with Gasteiger partial charge in [0.25, 0.3) is 5.91 Å². The van der Waals surface area contributed by atoms with Crippen LogP contribution in [-0.2, 0) is 11.2 Å². The van der Waals surface area contributed by atoms with E-state index < -0.39 is 5.97 Å². The van der Waals surface area contributed by atoms with Crippen LogP contribution >= 0.6 is 0 Å². The maximum atomic E-state index is 12.6. The molecule has 4 aromatic rings. The van der Waals surface area contributed by atoms with Gasteiger partial charge in [-0.1, -0.05) is 35.0 Å². The number of anilines is 1. The summed E-state index contributed by atoms with van der Waals surface area (Å²) in [6.07, 6.45) is 0.00454. The minimum atomic E-state index is -0.439. The first-order valence-corrected chi connectivity index (χ1v) is 9.50. The zero-order valence-corrected chi connectivity index (χ0v) is 16.7. The smallest absolute Gasteiger partial charge is 0.317 e. The Morgan fingerprint density at radius 2 is 1.67 bits per heavy atom. The Balaban J connectivity index is 1.41. The SMILES string of the molecule is Cc1ccc(C(=O)N(C)c2ccc(OC(=O)Cc3noc4ccccc34)cc2)cc1. The van der Waals surface area contributed by atoms with Gasteiger partial charge in [0.2, 0.25) is 0 Å². The first-order valence-electron chi connectivity index (χ1n) is 9.50. The number of fused-ring (bicyclic) bond motifs is 1. The van der Waals surface area contributed by atoms with Crippen molar-refractivity contribution < 1.29 is 18.8 Å². The van der Waals surface area contributed by atoms with E-state index >= 15 is 0 Å². The Labute approximate surface area is 173 Å². The fourth-order valence-corrected chi connectivity index (χ4v) is 3.11. The summed E-state index contributed by atoms with van der Waals surface area (Å²) in [5, 5.41) is 4.74. The number of carbonyl (C=O) groups is 2. The summed E-state index contributed by atoms with van der Waals surface area (Å²) in [6, 6.07) is 21.6. The van der Waals surface area contributed by atoms with E-state index in [-0.39, 0.29) is 12.3 Å². The van der Waals surface area contributed by atoms with Gasteiger partial charge in [0.05, 0.1) is 6.42 Å². The molecule has 0 aliphatic rings. The molecule has 6 heteroatoms. The molecule has 3 aromatic carbocycles. The van der Waals surface area contributed by atoms with E-state index in [1.807, 2.05) is 37.3 Å². The molecule has 1 heterocycles. The minimum Gasteiger partial charge on any atom is -0.426 e. The van der Waals surface area contributed by atoms with Crippen LogP contribution in [-0.4, -0.2) is 24.1 Å². The summed E-state index contributed by atoms with van der Waals surface area (Å²) < 4.78 is 10.6. The predicted molar refractivity (Wildman–Crippen MR) is 114 cm³/mol. The Morgan fingerprint density at radius 3 is 2.40 bits per heavy atom. The molecular weight excluding hydrogens is 380 g/mol. The molecule has 1 aromatic heterocycles. The molecule has 0 radical (unpaired) electrons. The highest BCUT2D eigenvalue weighted by Crippen LogP contribution is 2.22. The zero-order chi connectivity index (χ0) is 21.1. The van der Waals surface area contributed by atoms with Crippen LogP contribution in [0, 0.1) is 6.92 Å². The van der Waals surface area contributed by atoms with Crippen molar-refractivity contribution in [3.8, 4) is 5.75 Å². The molecule has 4 rings (SSSR count). The quantitative estimate of drug-likeness (QED) is 0.363. The summed E-state index contributed by atoms with van der Waals surface area (Å²) in [5.41, 5.74) is 3.57. The molecule has 0 fully saturated rings. The van der Waals surface area contributed by atoms with Gasteiger partial charge in [-0.15, -0.1) is 0 Å². The number of rotatable bonds is 5. The van der Waals surface area contributed by atoms with Crippen LogP contribution in [0.3, 0.4) is 0 Å². The van der Waals surface area contributed by atoms with E-state index in [1.54, 1.807) is 54.4 Å². The molecule has 0 bridgehead atoms. The minimum absolute atomic E-state index is 0.00454. The van der Waals surface area contributed by atoms with Crippen molar-refractivity contribution in [2.24, 2.45) is 0 Å². The lowest BCUT2D eigenvalue weighted by Crippen LogP contribution is -2.26. The number of aromatic nitrogens is 1. The lowest BCUT2D eigenvalue weighted by Gasteiger charge is -2.18. The Kier molecular flexibility index (Phi) is 5.30. The van der Waals surface area contributed by atoms with Crippen LogP contribution in [0.5, 0.6) is 5.75 Å². The van der Waals surface area contributed by atoms with Crippen molar-refractivity contribution in [2.45, 2.75) is 13.3 Å². The molecule has 0 unspecified atom stereocenters. The number of carbonyl (C=O) groups excluding carboxylic acids is 2. The Hall–Kier alpha value is -3.93. The van der Waals surface area contributed by atoms with Crippen LogP contribution in [0.25, 0.3) is 11.0 Å². The van der Waals surface area contributed by atoms with Gasteiger partial charge in [-0.2, -0.15) is 0 Å². The highest BCUT2D eigenvalue weighted by molar-refractivity contribution is 6.05. The molecule has 0 aliphatic carbocycles. The van der Waals surface area contributed by atoms with Crippen LogP contribution in [0.15, 0.2) is 77.3 Å². The summed E-state index contributed by atoms with van der Waals surface area (Å²) in [5.74, 6) is -0.156. The van der Waals surface area contributed by atoms with Gasteiger partial charge in [-0.05, 0) is 55.5 Å². The van der Waals surface area contributed by atoms with Crippen LogP contribution in [0.1, 0.15) is 21.6 Å². The number of ether oxygens (including phenoxy) is 1. The van der Waals surface area contributed by atoms with Crippen LogP contribution < -0.4 is 9.64 Å². The number of hydrogen-bond donors (Lipinski definition) is 0. The number of para-hydroxylation sites is 1. The number of hydrogen-bond acceptors (Lipinski definition) is 5. The number of esters is 1. The molecular formula is C24H20N2O4. The van der Waals surface area contributed by atoms with E-state index in [2.05, 4.69) is 5.16 Å². The number of aryl methyl sites for hydroxylation is 1. The molecule has 1 amide bonds. The summed E-state index contributed by atoms with van der Waals surface area (Å²) in [7, 11) is 1.71. The molecule has 0 saturated carbocycles. The van der Waals surface area contributed by atoms with Gasteiger partial charge in [-0.25, -0.2) is 0 Å². The number of benzene rings is 3. The fraction of sp³-hybridized carbons (Fsp3) is 0.125. The lowest BCUT2D eigenvalue weighted by atomic mass is 10.1. The first-order chi connectivity index (χ1) is 14.5. The van der Waals surface area contributed by atoms with E-state index in [0.717, 1.165) is 10.9 Å². The molecule has 0 atom stereocenters. The molecule has 0 saturated heterocycles. The van der Waals surface area contributed by atoms with E-state index in [0.29, 0.717) is 28.3 Å². The van der Waals surface area contributed by atoms with Gasteiger partial charge in [-0.3, -0.25) is 9.59 Å². The van der Waals surface area contributed by atoms with Crippen molar-refractivity contribution in [1.29, 1.82) is 0 Å². The monoisotopic (exact) mass is 400 g/mol. The molecule has 6 nitrogen and oxygen atoms in total. The Morgan fingerprint density at radius 1 is 0.967 bits per heavy atom. The second kappa shape index (κ2) is 8.21. The average molecular weight is 400 g/mol. The van der Waals surface area contributed by atoms with Gasteiger partial charge >= 0.3 is 5.97 Å². The zero-order valence-electron chi connectivity index (χ0n) is 16.7. The summed E-state index contributed by atoms with van der Waals surface area (Å²) in [6.45, 7) is 1.98. The first kappa shape index (κ1) is 19.4. The van der Waals surface area contributed by atoms with Gasteiger partial charge in [0, 0.05) is 23.7 Å². The second-order valence-corrected chi connectivity index (χ2v) is 7.00. The van der Waals surface area contributed by atoms with Gasteiger partial charge in [0.1, 0.15) is 11.4 Å². The van der Waals surface area contributed by atoms with E-state index in [9.17, 15) is 9.59 Å². The third-order valence-corrected chi connectivity index (χ3v) is 4.82. The second-order valence-electron chi connectivity index (χ2n) is 7.00. The van der Waals surface area contributed by atoms with Crippen molar-refractivity contribution in [2.75, 3.05) is 11.9 Å². The number of nitrogens with zero attached hydrogens (tertiary/aromatic N) is 2. The van der Waals surface area contributed by atoms with E-state index in [4.69, 9.17) is 9.26 Å². The fourth-order valence-electron chi connectivity index (χ4n) is 3.11. The highest BCUT2D eigenvalue weighted by atomic mass is 16.5. The molecule has 0 spiro atoms. The predicted octanol–water partition coefficient (Wildman–Crippen LogP) is 4.56. The van der Waals surface area contributed by atoms with Crippen LogP contribution in [0.4, 0.5) is 5.69 Å². The molecule has 0 N–H and O–H groups in total. The van der Waals surface area contributed by atoms with Crippen molar-refractivity contribution in [3.05, 3.63) is 89.6 Å². The highest BCUT2D eigenvalue weighted by Gasteiger charge is 2.16. The maximum absolute atomic E-state index is 12.6. The van der Waals surface area contributed by atoms with E-state index in [1.165, 1.54) is 0 Å². The topological polar surface area (TPSA) is 72.6 Å². The molecule has 0 aliphatic heterocycles. The summed E-state index contributed by atoms with van der Waals surface area (Å²) >= 11 is 0. The van der Waals surface area contributed by atoms with Crippen LogP contribution in [0.2, 0.25) is 0 Å². The molecule has 30 heavy (non-hydrogen) atoms. The molecule has 150 valence electrons. The third kappa shape index (κ3) is 4.07. The van der Waals surface area contributed by atoms with Crippen molar-refractivity contribution in [3.63, 3.8) is 0 Å². The van der Waals surface area contributed by atoms with Crippen molar-refractivity contribution >= 4 is 28.5 Å². The largest absolute Gasteiger partial charge is 0.426 e. The summed E-state index contributed by atoms with van der Waals surface area (Å²) in [4.78, 5) is 26.5. The number of amides is 1. The maximum Gasteiger partial charge on any atom is 0.317 e.